The van der Waals surface area contributed by atoms with E-state index in [4.69, 9.17) is 5.73 Å². The van der Waals surface area contributed by atoms with Crippen molar-refractivity contribution >= 4 is 11.4 Å². The second kappa shape index (κ2) is 5.39. The van der Waals surface area contributed by atoms with Gasteiger partial charge in [-0.25, -0.2) is 4.39 Å². The fraction of sp³-hybridized carbons (Fsp3) is 0.571. The summed E-state index contributed by atoms with van der Waals surface area (Å²) < 4.78 is 13.4. The van der Waals surface area contributed by atoms with Crippen LogP contribution in [0.2, 0.25) is 0 Å². The molecule has 94 valence electrons. The van der Waals surface area contributed by atoms with Crippen molar-refractivity contribution in [1.29, 1.82) is 0 Å². The summed E-state index contributed by atoms with van der Waals surface area (Å²) in [5.74, 6) is 0.411. The molecule has 0 saturated heterocycles. The van der Waals surface area contributed by atoms with E-state index in [1.807, 2.05) is 13.1 Å². The van der Waals surface area contributed by atoms with Crippen LogP contribution in [-0.2, 0) is 0 Å². The van der Waals surface area contributed by atoms with Crippen molar-refractivity contribution in [2.24, 2.45) is 5.92 Å². The normalized spacial score (nSPS) is 17.1. The van der Waals surface area contributed by atoms with E-state index in [0.717, 1.165) is 18.2 Å². The lowest BCUT2D eigenvalue weighted by molar-refractivity contribution is 0.362. The number of rotatable bonds is 3. The lowest BCUT2D eigenvalue weighted by atomic mass is 9.89. The third-order valence-electron chi connectivity index (χ3n) is 3.70. The Hall–Kier alpha value is -1.25. The van der Waals surface area contributed by atoms with Gasteiger partial charge in [-0.3, -0.25) is 0 Å². The highest BCUT2D eigenvalue weighted by molar-refractivity contribution is 5.67. The van der Waals surface area contributed by atoms with E-state index in [9.17, 15) is 4.39 Å². The van der Waals surface area contributed by atoms with Gasteiger partial charge in [0.15, 0.2) is 0 Å². The number of benzene rings is 1. The number of anilines is 2. The van der Waals surface area contributed by atoms with E-state index in [1.54, 1.807) is 6.07 Å². The van der Waals surface area contributed by atoms with Crippen molar-refractivity contribution in [2.45, 2.75) is 32.1 Å². The Labute approximate surface area is 103 Å². The summed E-state index contributed by atoms with van der Waals surface area (Å²) in [6.45, 7) is 0.980. The minimum Gasteiger partial charge on any atom is -0.395 e. The summed E-state index contributed by atoms with van der Waals surface area (Å²) in [6.07, 6.45) is 6.61. The average Bonchev–Trinajstić information content (AvgIpc) is 2.34. The Morgan fingerprint density at radius 3 is 2.71 bits per heavy atom. The molecule has 1 aromatic carbocycles. The first kappa shape index (κ1) is 12.2. The Bertz CT molecular complexity index is 372. The molecular weight excluding hydrogens is 215 g/mol. The molecule has 17 heavy (non-hydrogen) atoms. The van der Waals surface area contributed by atoms with Gasteiger partial charge in [-0.05, 0) is 30.9 Å². The number of para-hydroxylation sites is 1. The molecule has 2 rings (SSSR count). The quantitative estimate of drug-likeness (QED) is 0.815. The third kappa shape index (κ3) is 2.90. The van der Waals surface area contributed by atoms with Gasteiger partial charge in [0, 0.05) is 13.6 Å². The van der Waals surface area contributed by atoms with Gasteiger partial charge in [-0.1, -0.05) is 25.3 Å². The molecule has 0 amide bonds. The van der Waals surface area contributed by atoms with Crippen molar-refractivity contribution in [3.05, 3.63) is 24.0 Å². The fourth-order valence-corrected chi connectivity index (χ4v) is 2.71. The van der Waals surface area contributed by atoms with Crippen LogP contribution in [0.4, 0.5) is 15.8 Å². The molecule has 0 heterocycles. The largest absolute Gasteiger partial charge is 0.395 e. The zero-order valence-electron chi connectivity index (χ0n) is 10.5. The number of nitrogen functional groups attached to an aromatic ring is 1. The molecule has 0 spiro atoms. The summed E-state index contributed by atoms with van der Waals surface area (Å²) in [5, 5.41) is 0. The highest BCUT2D eigenvalue weighted by atomic mass is 19.1. The molecule has 1 saturated carbocycles. The van der Waals surface area contributed by atoms with E-state index >= 15 is 0 Å². The number of halogens is 1. The Balaban J connectivity index is 2.03. The number of nitrogens with two attached hydrogens (primary N) is 1. The van der Waals surface area contributed by atoms with Crippen LogP contribution >= 0.6 is 0 Å². The molecule has 2 nitrogen and oxygen atoms in total. The summed E-state index contributed by atoms with van der Waals surface area (Å²) in [6, 6.07) is 5.02. The minimum atomic E-state index is -0.321. The second-order valence-corrected chi connectivity index (χ2v) is 5.06. The van der Waals surface area contributed by atoms with Crippen molar-refractivity contribution in [3.63, 3.8) is 0 Å². The van der Waals surface area contributed by atoms with E-state index in [-0.39, 0.29) is 11.5 Å². The third-order valence-corrected chi connectivity index (χ3v) is 3.70. The maximum atomic E-state index is 13.4. The second-order valence-electron chi connectivity index (χ2n) is 5.06. The van der Waals surface area contributed by atoms with Gasteiger partial charge < -0.3 is 10.6 Å². The molecule has 0 atom stereocenters. The van der Waals surface area contributed by atoms with E-state index < -0.39 is 0 Å². The number of nitrogens with zero attached hydrogens (tertiary/aromatic N) is 1. The smallest absolute Gasteiger partial charge is 0.148 e. The molecule has 0 unspecified atom stereocenters. The Morgan fingerprint density at radius 2 is 2.00 bits per heavy atom. The van der Waals surface area contributed by atoms with Crippen LogP contribution in [0.1, 0.15) is 32.1 Å². The summed E-state index contributed by atoms with van der Waals surface area (Å²) in [4.78, 5) is 2.09. The first-order valence-electron chi connectivity index (χ1n) is 6.43. The van der Waals surface area contributed by atoms with E-state index in [0.29, 0.717) is 0 Å². The van der Waals surface area contributed by atoms with Gasteiger partial charge in [0.25, 0.3) is 0 Å². The lowest BCUT2D eigenvalue weighted by Crippen LogP contribution is -2.27. The molecule has 1 fully saturated rings. The van der Waals surface area contributed by atoms with Gasteiger partial charge >= 0.3 is 0 Å². The molecular formula is C14H21FN2. The van der Waals surface area contributed by atoms with Crippen LogP contribution in [0.5, 0.6) is 0 Å². The highest BCUT2D eigenvalue weighted by Crippen LogP contribution is 2.29. The van der Waals surface area contributed by atoms with Crippen LogP contribution in [0, 0.1) is 11.7 Å². The topological polar surface area (TPSA) is 29.3 Å². The van der Waals surface area contributed by atoms with Crippen LogP contribution < -0.4 is 10.6 Å². The minimum absolute atomic E-state index is 0.269. The van der Waals surface area contributed by atoms with Gasteiger partial charge in [-0.15, -0.1) is 0 Å². The first-order valence-corrected chi connectivity index (χ1v) is 6.43. The fourth-order valence-electron chi connectivity index (χ4n) is 2.71. The molecule has 1 aromatic rings. The number of hydrogen-bond donors (Lipinski definition) is 1. The SMILES string of the molecule is CN(CC1CCCCC1)c1cccc(F)c1N. The molecule has 0 bridgehead atoms. The molecule has 3 heteroatoms. The van der Waals surface area contributed by atoms with Crippen molar-refractivity contribution in [2.75, 3.05) is 24.2 Å². The van der Waals surface area contributed by atoms with Crippen LogP contribution in [0.3, 0.4) is 0 Å². The molecule has 1 aliphatic rings. The lowest BCUT2D eigenvalue weighted by Gasteiger charge is -2.29. The first-order chi connectivity index (χ1) is 8.18. The molecule has 0 radical (unpaired) electrons. The van der Waals surface area contributed by atoms with E-state index in [2.05, 4.69) is 4.90 Å². The summed E-state index contributed by atoms with van der Waals surface area (Å²) in [7, 11) is 2.00. The molecule has 2 N–H and O–H groups in total. The zero-order valence-corrected chi connectivity index (χ0v) is 10.5. The predicted octanol–water partition coefficient (Wildman–Crippen LogP) is 3.42. The van der Waals surface area contributed by atoms with Crippen LogP contribution in [-0.4, -0.2) is 13.6 Å². The van der Waals surface area contributed by atoms with Gasteiger partial charge in [0.1, 0.15) is 5.82 Å². The summed E-state index contributed by atoms with van der Waals surface area (Å²) >= 11 is 0. The van der Waals surface area contributed by atoms with Crippen LogP contribution in [0.25, 0.3) is 0 Å². The van der Waals surface area contributed by atoms with E-state index in [1.165, 1.54) is 38.2 Å². The highest BCUT2D eigenvalue weighted by Gasteiger charge is 2.17. The maximum absolute atomic E-state index is 13.4. The molecule has 1 aliphatic carbocycles. The van der Waals surface area contributed by atoms with Crippen molar-refractivity contribution in [1.82, 2.24) is 0 Å². The predicted molar refractivity (Wildman–Crippen MR) is 70.7 cm³/mol. The Morgan fingerprint density at radius 1 is 1.29 bits per heavy atom. The van der Waals surface area contributed by atoms with Gasteiger partial charge in [-0.2, -0.15) is 0 Å². The standard InChI is InChI=1S/C14H21FN2/c1-17(10-11-6-3-2-4-7-11)13-9-5-8-12(15)14(13)16/h5,8-9,11H,2-4,6-7,10,16H2,1H3. The van der Waals surface area contributed by atoms with Crippen molar-refractivity contribution in [3.8, 4) is 0 Å². The van der Waals surface area contributed by atoms with Gasteiger partial charge in [0.2, 0.25) is 0 Å². The average molecular weight is 236 g/mol. The zero-order chi connectivity index (χ0) is 12.3. The maximum Gasteiger partial charge on any atom is 0.148 e. The molecule has 0 aromatic heterocycles. The Kier molecular flexibility index (Phi) is 3.87. The van der Waals surface area contributed by atoms with Gasteiger partial charge in [0.05, 0.1) is 11.4 Å². The summed E-state index contributed by atoms with van der Waals surface area (Å²) in [5.41, 5.74) is 6.86. The molecule has 0 aliphatic heterocycles. The van der Waals surface area contributed by atoms with Crippen molar-refractivity contribution < 1.29 is 4.39 Å². The van der Waals surface area contributed by atoms with Crippen LogP contribution in [0.15, 0.2) is 18.2 Å². The number of hydrogen-bond acceptors (Lipinski definition) is 2. The monoisotopic (exact) mass is 236 g/mol.